The number of carbonyl (C=O) groups is 2. The molecule has 34 heavy (non-hydrogen) atoms. The van der Waals surface area contributed by atoms with Crippen LogP contribution in [0.25, 0.3) is 5.57 Å². The molecule has 1 aliphatic heterocycles. The lowest BCUT2D eigenvalue weighted by atomic mass is 9.88. The average molecular weight is 471 g/mol. The van der Waals surface area contributed by atoms with Crippen LogP contribution in [0.4, 0.5) is 0 Å². The molecule has 0 bridgehead atoms. The fourth-order valence-corrected chi connectivity index (χ4v) is 3.56. The van der Waals surface area contributed by atoms with Gasteiger partial charge in [0, 0.05) is 11.5 Å². The summed E-state index contributed by atoms with van der Waals surface area (Å²) in [4.78, 5) is 24.2. The molecule has 0 fully saturated rings. The number of allylic oxidation sites excluding steroid dienone is 1. The highest BCUT2D eigenvalue weighted by Gasteiger charge is 2.32. The molecule has 0 amide bonds. The quantitative estimate of drug-likeness (QED) is 0.375. The van der Waals surface area contributed by atoms with E-state index in [1.165, 1.54) is 6.92 Å². The third-order valence-electron chi connectivity index (χ3n) is 5.32. The Morgan fingerprint density at radius 2 is 2.03 bits per heavy atom. The van der Waals surface area contributed by atoms with Crippen molar-refractivity contribution in [2.24, 2.45) is 5.92 Å². The second-order valence-electron chi connectivity index (χ2n) is 8.04. The number of hydrogen-bond acceptors (Lipinski definition) is 8. The lowest BCUT2D eigenvalue weighted by molar-refractivity contribution is -0.142. The first kappa shape index (κ1) is 25.3. The number of aryl methyl sites for hydroxylation is 1. The summed E-state index contributed by atoms with van der Waals surface area (Å²) in [5, 5.41) is 18.9. The number of esters is 2. The van der Waals surface area contributed by atoms with Crippen molar-refractivity contribution in [3.63, 3.8) is 0 Å². The highest BCUT2D eigenvalue weighted by molar-refractivity contribution is 6.17. The van der Waals surface area contributed by atoms with Gasteiger partial charge >= 0.3 is 11.9 Å². The van der Waals surface area contributed by atoms with Crippen molar-refractivity contribution in [2.45, 2.75) is 32.5 Å². The number of benzene rings is 1. The molecule has 0 spiro atoms. The third-order valence-corrected chi connectivity index (χ3v) is 5.32. The zero-order chi connectivity index (χ0) is 24.7. The number of aliphatic hydroxyl groups is 2. The Hall–Kier alpha value is -3.36. The number of fused-ring (bicyclic) bond motifs is 1. The Morgan fingerprint density at radius 1 is 1.24 bits per heavy atom. The van der Waals surface area contributed by atoms with Crippen molar-refractivity contribution in [1.82, 2.24) is 0 Å². The van der Waals surface area contributed by atoms with Crippen molar-refractivity contribution in [2.75, 3.05) is 26.4 Å². The molecule has 0 radical (unpaired) electrons. The first-order valence-electron chi connectivity index (χ1n) is 11.2. The first-order valence-corrected chi connectivity index (χ1v) is 11.2. The molecule has 8 heteroatoms. The van der Waals surface area contributed by atoms with Crippen LogP contribution in [-0.2, 0) is 30.2 Å². The maximum Gasteiger partial charge on any atom is 0.339 e. The molecule has 1 aromatic rings. The Labute approximate surface area is 198 Å². The second-order valence-corrected chi connectivity index (χ2v) is 8.04. The molecule has 0 saturated heterocycles. The zero-order valence-electron chi connectivity index (χ0n) is 19.4. The van der Waals surface area contributed by atoms with E-state index in [4.69, 9.17) is 24.1 Å². The van der Waals surface area contributed by atoms with Gasteiger partial charge in [-0.2, -0.15) is 0 Å². The van der Waals surface area contributed by atoms with Gasteiger partial charge in [0.1, 0.15) is 43.5 Å². The molecule has 1 heterocycles. The van der Waals surface area contributed by atoms with Gasteiger partial charge in [-0.05, 0) is 48.8 Å². The largest absolute Gasteiger partial charge is 0.491 e. The van der Waals surface area contributed by atoms with Crippen molar-refractivity contribution < 1.29 is 38.7 Å². The van der Waals surface area contributed by atoms with Crippen molar-refractivity contribution in [3.05, 3.63) is 71.5 Å². The number of aliphatic hydroxyl groups excluding tert-OH is 2. The monoisotopic (exact) mass is 470 g/mol. The van der Waals surface area contributed by atoms with Gasteiger partial charge < -0.3 is 29.2 Å². The summed E-state index contributed by atoms with van der Waals surface area (Å²) in [7, 11) is 0. The molecule has 3 atom stereocenters. The summed E-state index contributed by atoms with van der Waals surface area (Å²) in [5.74, 6) is -0.0740. The van der Waals surface area contributed by atoms with Crippen LogP contribution < -0.4 is 4.74 Å². The molecule has 1 aromatic carbocycles. The molecule has 0 saturated carbocycles. The van der Waals surface area contributed by atoms with Gasteiger partial charge in [-0.25, -0.2) is 9.59 Å². The first-order chi connectivity index (χ1) is 16.3. The maximum atomic E-state index is 12.8. The number of rotatable bonds is 11. The van der Waals surface area contributed by atoms with E-state index in [1.54, 1.807) is 18.2 Å². The summed E-state index contributed by atoms with van der Waals surface area (Å²) in [6, 6.07) is 5.47. The molecule has 2 N–H and O–H groups in total. The van der Waals surface area contributed by atoms with E-state index in [1.807, 2.05) is 31.2 Å². The molecule has 0 aromatic heterocycles. The minimum atomic E-state index is -1.01. The van der Waals surface area contributed by atoms with E-state index in [-0.39, 0.29) is 37.9 Å². The summed E-state index contributed by atoms with van der Waals surface area (Å²) in [6.07, 6.45) is 6.38. The van der Waals surface area contributed by atoms with E-state index < -0.39 is 24.1 Å². The van der Waals surface area contributed by atoms with Crippen LogP contribution >= 0.6 is 0 Å². The predicted octanol–water partition coefficient (Wildman–Crippen LogP) is 2.50. The minimum absolute atomic E-state index is 0.0727. The van der Waals surface area contributed by atoms with E-state index in [0.29, 0.717) is 23.5 Å². The lowest BCUT2D eigenvalue weighted by Crippen LogP contribution is -2.31. The number of hydrogen-bond donors (Lipinski definition) is 2. The zero-order valence-corrected chi connectivity index (χ0v) is 19.4. The standard InChI is InChI=1S/C26H30O8/c1-4-17-11-20(31-10-9-27)7-8-22(17)23-12-18-5-6-21(13-24(18)34-26(23)30)32-14-19(28)15-33-25(29)16(2)3/h5-8,11-13,18-19,24,27-28H,2,4,9-10,14-15H2,1,3H3. The summed E-state index contributed by atoms with van der Waals surface area (Å²) >= 11 is 0. The smallest absolute Gasteiger partial charge is 0.339 e. The highest BCUT2D eigenvalue weighted by atomic mass is 16.6. The van der Waals surface area contributed by atoms with Crippen molar-refractivity contribution in [1.29, 1.82) is 0 Å². The third kappa shape index (κ3) is 6.36. The lowest BCUT2D eigenvalue weighted by Gasteiger charge is -2.29. The van der Waals surface area contributed by atoms with Gasteiger partial charge in [-0.3, -0.25) is 0 Å². The Bertz CT molecular complexity index is 1020. The van der Waals surface area contributed by atoms with Gasteiger partial charge in [-0.1, -0.05) is 31.7 Å². The SMILES string of the molecule is C=C(C)C(=O)OCC(O)COC1=CC2OC(=O)C(c3ccc(OCCO)cc3CC)=CC2C=C1. The van der Waals surface area contributed by atoms with Gasteiger partial charge in [0.25, 0.3) is 0 Å². The van der Waals surface area contributed by atoms with Gasteiger partial charge in [0.15, 0.2) is 0 Å². The van der Waals surface area contributed by atoms with Crippen LogP contribution in [-0.4, -0.2) is 60.8 Å². The van der Waals surface area contributed by atoms with Crippen LogP contribution in [0, 0.1) is 5.92 Å². The average Bonchev–Trinajstić information content (AvgIpc) is 2.83. The summed E-state index contributed by atoms with van der Waals surface area (Å²) in [5.41, 5.74) is 2.47. The summed E-state index contributed by atoms with van der Waals surface area (Å²) < 4.78 is 21.6. The fourth-order valence-electron chi connectivity index (χ4n) is 3.56. The van der Waals surface area contributed by atoms with Crippen LogP contribution in [0.5, 0.6) is 5.75 Å². The highest BCUT2D eigenvalue weighted by Crippen LogP contribution is 2.34. The van der Waals surface area contributed by atoms with Crippen molar-refractivity contribution >= 4 is 17.5 Å². The van der Waals surface area contributed by atoms with Crippen molar-refractivity contribution in [3.8, 4) is 5.75 Å². The van der Waals surface area contributed by atoms with Crippen LogP contribution in [0.2, 0.25) is 0 Å². The molecule has 182 valence electrons. The van der Waals surface area contributed by atoms with Gasteiger partial charge in [-0.15, -0.1) is 0 Å². The minimum Gasteiger partial charge on any atom is -0.491 e. The maximum absolute atomic E-state index is 12.8. The predicted molar refractivity (Wildman–Crippen MR) is 125 cm³/mol. The molecule has 3 unspecified atom stereocenters. The molecular weight excluding hydrogens is 440 g/mol. The topological polar surface area (TPSA) is 112 Å². The fraction of sp³-hybridized carbons (Fsp3) is 0.385. The molecule has 3 rings (SSSR count). The molecular formula is C26H30O8. The van der Waals surface area contributed by atoms with E-state index in [2.05, 4.69) is 6.58 Å². The second kappa shape index (κ2) is 11.7. The van der Waals surface area contributed by atoms with E-state index >= 15 is 0 Å². The van der Waals surface area contributed by atoms with E-state index in [9.17, 15) is 14.7 Å². The van der Waals surface area contributed by atoms with Gasteiger partial charge in [0.2, 0.25) is 0 Å². The Balaban J connectivity index is 1.65. The molecule has 1 aliphatic carbocycles. The molecule has 2 aliphatic rings. The molecule has 8 nitrogen and oxygen atoms in total. The van der Waals surface area contributed by atoms with Crippen LogP contribution in [0.3, 0.4) is 0 Å². The summed E-state index contributed by atoms with van der Waals surface area (Å²) in [6.45, 7) is 6.83. The number of carbonyl (C=O) groups excluding carboxylic acids is 2. The van der Waals surface area contributed by atoms with Crippen LogP contribution in [0.15, 0.2) is 60.4 Å². The van der Waals surface area contributed by atoms with Crippen LogP contribution in [0.1, 0.15) is 25.0 Å². The number of ether oxygens (including phenoxy) is 4. The van der Waals surface area contributed by atoms with Gasteiger partial charge in [0.05, 0.1) is 12.2 Å². The normalized spacial score (nSPS) is 19.8. The Kier molecular flexibility index (Phi) is 8.67. The Morgan fingerprint density at radius 3 is 2.74 bits per heavy atom. The van der Waals surface area contributed by atoms with E-state index in [0.717, 1.165) is 11.1 Å².